The summed E-state index contributed by atoms with van der Waals surface area (Å²) in [6, 6.07) is 17.4. The van der Waals surface area contributed by atoms with Crippen LogP contribution in [-0.4, -0.2) is 59.0 Å². The van der Waals surface area contributed by atoms with Crippen LogP contribution in [0.25, 0.3) is 10.2 Å². The van der Waals surface area contributed by atoms with E-state index in [1.807, 2.05) is 36.1 Å². The summed E-state index contributed by atoms with van der Waals surface area (Å²) in [4.78, 5) is 22.3. The monoisotopic (exact) mass is 449 g/mol. The summed E-state index contributed by atoms with van der Waals surface area (Å²) < 4.78 is 7.16. The number of hydrogen-bond donors (Lipinski definition) is 0. The van der Waals surface area contributed by atoms with Crippen molar-refractivity contribution in [1.82, 2.24) is 14.8 Å². The topological polar surface area (TPSA) is 45.7 Å². The lowest BCUT2D eigenvalue weighted by Crippen LogP contribution is -2.49. The van der Waals surface area contributed by atoms with Gasteiger partial charge in [0.05, 0.1) is 28.4 Å². The Balaban J connectivity index is 1.14. The number of fused-ring (bicyclic) bond motifs is 1. The lowest BCUT2D eigenvalue weighted by Gasteiger charge is -2.39. The van der Waals surface area contributed by atoms with Gasteiger partial charge in [-0.3, -0.25) is 9.69 Å². The maximum Gasteiger partial charge on any atom is 0.253 e. The molecule has 1 atom stereocenters. The lowest BCUT2D eigenvalue weighted by molar-refractivity contribution is 0.0314. The molecule has 2 fully saturated rings. The zero-order chi connectivity index (χ0) is 21.9. The first-order chi connectivity index (χ1) is 15.7. The highest BCUT2D eigenvalue weighted by Crippen LogP contribution is 2.28. The second-order valence-corrected chi connectivity index (χ2v) is 10.2. The molecule has 2 aliphatic heterocycles. The summed E-state index contributed by atoms with van der Waals surface area (Å²) in [5, 5.41) is 1.04. The third-order valence-corrected chi connectivity index (χ3v) is 7.74. The minimum Gasteiger partial charge on any atom is -0.375 e. The third kappa shape index (κ3) is 4.72. The normalized spacial score (nSPS) is 20.3. The summed E-state index contributed by atoms with van der Waals surface area (Å²) in [7, 11) is 0. The average Bonchev–Trinajstić information content (AvgIpc) is 3.44. The second kappa shape index (κ2) is 9.69. The van der Waals surface area contributed by atoms with Crippen LogP contribution in [0.15, 0.2) is 48.5 Å². The number of aromatic nitrogens is 1. The van der Waals surface area contributed by atoms with E-state index in [4.69, 9.17) is 4.74 Å². The molecular weight excluding hydrogens is 418 g/mol. The van der Waals surface area contributed by atoms with Crippen molar-refractivity contribution in [1.29, 1.82) is 0 Å². The molecule has 0 aliphatic carbocycles. The van der Waals surface area contributed by atoms with Gasteiger partial charge in [0.25, 0.3) is 5.91 Å². The predicted octanol–water partition coefficient (Wildman–Crippen LogP) is 4.89. The van der Waals surface area contributed by atoms with Gasteiger partial charge in [-0.25, -0.2) is 4.98 Å². The Bertz CT molecular complexity index is 1060. The van der Waals surface area contributed by atoms with E-state index in [0.717, 1.165) is 59.9 Å². The third-order valence-electron chi connectivity index (χ3n) is 6.81. The minimum atomic E-state index is 0.153. The van der Waals surface area contributed by atoms with Crippen LogP contribution in [0.1, 0.15) is 46.6 Å². The van der Waals surface area contributed by atoms with Crippen LogP contribution in [0.2, 0.25) is 0 Å². The largest absolute Gasteiger partial charge is 0.375 e. The van der Waals surface area contributed by atoms with Crippen molar-refractivity contribution in [2.24, 2.45) is 0 Å². The first-order valence-corrected chi connectivity index (χ1v) is 12.5. The fraction of sp³-hybridized carbons (Fsp3) is 0.462. The number of hydrogen-bond acceptors (Lipinski definition) is 5. The van der Waals surface area contributed by atoms with E-state index in [9.17, 15) is 4.79 Å². The number of amides is 1. The van der Waals surface area contributed by atoms with Gasteiger partial charge in [0.15, 0.2) is 0 Å². The first-order valence-electron chi connectivity index (χ1n) is 11.7. The average molecular weight is 450 g/mol. The quantitative estimate of drug-likeness (QED) is 0.538. The minimum absolute atomic E-state index is 0.153. The predicted molar refractivity (Wildman–Crippen MR) is 129 cm³/mol. The molecule has 6 heteroatoms. The molecule has 5 nitrogen and oxygen atoms in total. The number of nitrogens with zero attached hydrogens (tertiary/aromatic N) is 3. The van der Waals surface area contributed by atoms with Crippen molar-refractivity contribution in [2.75, 3.05) is 26.2 Å². The number of thiazole rings is 1. The number of carbonyl (C=O) groups excluding carboxylic acids is 1. The highest BCUT2D eigenvalue weighted by Gasteiger charge is 2.34. The van der Waals surface area contributed by atoms with Crippen molar-refractivity contribution in [3.05, 3.63) is 64.7 Å². The highest BCUT2D eigenvalue weighted by atomic mass is 32.1. The summed E-state index contributed by atoms with van der Waals surface area (Å²) in [5.74, 6) is 0.153. The van der Waals surface area contributed by atoms with E-state index >= 15 is 0 Å². The van der Waals surface area contributed by atoms with Gasteiger partial charge in [-0.1, -0.05) is 30.3 Å². The molecule has 0 radical (unpaired) electrons. The first kappa shape index (κ1) is 21.6. The Morgan fingerprint density at radius 2 is 1.91 bits per heavy atom. The van der Waals surface area contributed by atoms with Crippen molar-refractivity contribution >= 4 is 27.5 Å². The van der Waals surface area contributed by atoms with Gasteiger partial charge in [-0.15, -0.1) is 11.3 Å². The SMILES string of the molecule is Cc1nc2ccc(C(=O)N3CCC(N4CCC[C@@H]4COCc4ccccc4)CC3)cc2s1. The van der Waals surface area contributed by atoms with E-state index in [0.29, 0.717) is 18.7 Å². The number of ether oxygens (including phenoxy) is 1. The fourth-order valence-electron chi connectivity index (χ4n) is 5.16. The Kier molecular flexibility index (Phi) is 6.53. The number of piperidine rings is 1. The molecule has 3 heterocycles. The van der Waals surface area contributed by atoms with Gasteiger partial charge in [0.1, 0.15) is 0 Å². The van der Waals surface area contributed by atoms with Crippen LogP contribution in [0, 0.1) is 6.92 Å². The molecule has 168 valence electrons. The lowest BCUT2D eigenvalue weighted by atomic mass is 10.0. The second-order valence-electron chi connectivity index (χ2n) is 8.97. The molecule has 2 aliphatic rings. The van der Waals surface area contributed by atoms with Gasteiger partial charge < -0.3 is 9.64 Å². The zero-order valence-electron chi connectivity index (χ0n) is 18.7. The van der Waals surface area contributed by atoms with Gasteiger partial charge in [-0.05, 0) is 62.9 Å². The highest BCUT2D eigenvalue weighted by molar-refractivity contribution is 7.18. The van der Waals surface area contributed by atoms with Crippen LogP contribution < -0.4 is 0 Å². The molecule has 1 amide bonds. The van der Waals surface area contributed by atoms with Crippen LogP contribution in [-0.2, 0) is 11.3 Å². The van der Waals surface area contributed by atoms with Crippen molar-refractivity contribution in [3.63, 3.8) is 0 Å². The van der Waals surface area contributed by atoms with Crippen LogP contribution in [0.3, 0.4) is 0 Å². The molecule has 5 rings (SSSR count). The van der Waals surface area contributed by atoms with Crippen molar-refractivity contribution < 1.29 is 9.53 Å². The van der Waals surface area contributed by atoms with Gasteiger partial charge in [0, 0.05) is 30.7 Å². The molecule has 0 N–H and O–H groups in total. The number of benzene rings is 2. The summed E-state index contributed by atoms with van der Waals surface area (Å²) in [5.41, 5.74) is 3.00. The molecule has 32 heavy (non-hydrogen) atoms. The number of aryl methyl sites for hydroxylation is 1. The molecule has 1 aromatic heterocycles. The molecule has 3 aromatic rings. The smallest absolute Gasteiger partial charge is 0.253 e. The Morgan fingerprint density at radius 1 is 1.09 bits per heavy atom. The molecule has 2 saturated heterocycles. The van der Waals surface area contributed by atoms with E-state index in [-0.39, 0.29) is 5.91 Å². The van der Waals surface area contributed by atoms with E-state index in [1.54, 1.807) is 11.3 Å². The maximum absolute atomic E-state index is 13.1. The number of rotatable bonds is 6. The standard InChI is InChI=1S/C26H31N3O2S/c1-19-27-24-10-9-21(16-25(24)32-19)26(30)28-14-11-22(12-15-28)29-13-5-8-23(29)18-31-17-20-6-3-2-4-7-20/h2-4,6-7,9-10,16,22-23H,5,8,11-15,17-18H2,1H3/t23-/m1/s1. The molecule has 0 saturated carbocycles. The molecule has 0 spiro atoms. The zero-order valence-corrected chi connectivity index (χ0v) is 19.5. The van der Waals surface area contributed by atoms with Gasteiger partial charge in [0.2, 0.25) is 0 Å². The molecular formula is C26H31N3O2S. The molecule has 0 bridgehead atoms. The van der Waals surface area contributed by atoms with E-state index < -0.39 is 0 Å². The Labute approximate surface area is 194 Å². The van der Waals surface area contributed by atoms with Crippen LogP contribution >= 0.6 is 11.3 Å². The van der Waals surface area contributed by atoms with E-state index in [1.165, 1.54) is 18.4 Å². The number of likely N-dealkylation sites (tertiary alicyclic amines) is 2. The maximum atomic E-state index is 13.1. The van der Waals surface area contributed by atoms with Gasteiger partial charge in [-0.2, -0.15) is 0 Å². The summed E-state index contributed by atoms with van der Waals surface area (Å²) in [6.45, 7) is 6.30. The number of carbonyl (C=O) groups is 1. The van der Waals surface area contributed by atoms with Crippen LogP contribution in [0.5, 0.6) is 0 Å². The van der Waals surface area contributed by atoms with Crippen molar-refractivity contribution in [3.8, 4) is 0 Å². The van der Waals surface area contributed by atoms with E-state index in [2.05, 4.69) is 34.1 Å². The van der Waals surface area contributed by atoms with Crippen LogP contribution in [0.4, 0.5) is 0 Å². The molecule has 0 unspecified atom stereocenters. The summed E-state index contributed by atoms with van der Waals surface area (Å²) in [6.07, 6.45) is 4.54. The Hall–Kier alpha value is -2.28. The van der Waals surface area contributed by atoms with Gasteiger partial charge >= 0.3 is 0 Å². The fourth-order valence-corrected chi connectivity index (χ4v) is 6.03. The molecule has 2 aromatic carbocycles. The van der Waals surface area contributed by atoms with Crippen molar-refractivity contribution in [2.45, 2.75) is 51.3 Å². The Morgan fingerprint density at radius 3 is 2.72 bits per heavy atom. The summed E-state index contributed by atoms with van der Waals surface area (Å²) >= 11 is 1.65.